The molecule has 0 spiro atoms. The smallest absolute Gasteiger partial charge is 0.348 e. The number of carbonyl (C=O) groups is 2. The van der Waals surface area contributed by atoms with Gasteiger partial charge in [-0.15, -0.1) is 0 Å². The molecule has 1 aromatic heterocycles. The summed E-state index contributed by atoms with van der Waals surface area (Å²) in [6, 6.07) is 5.06. The lowest BCUT2D eigenvalue weighted by atomic mass is 10.1. The van der Waals surface area contributed by atoms with Gasteiger partial charge in [0.05, 0.1) is 11.9 Å². The molecule has 1 N–H and O–H groups in total. The van der Waals surface area contributed by atoms with E-state index in [-0.39, 0.29) is 0 Å². The van der Waals surface area contributed by atoms with Gasteiger partial charge in [-0.2, -0.15) is 13.2 Å². The summed E-state index contributed by atoms with van der Waals surface area (Å²) in [6.45, 7) is 3.92. The third-order valence-corrected chi connectivity index (χ3v) is 3.73. The first-order valence-corrected chi connectivity index (χ1v) is 6.56. The maximum atomic E-state index is 12.1. The Balaban J connectivity index is 2.21. The summed E-state index contributed by atoms with van der Waals surface area (Å²) in [4.78, 5) is 22.3. The Morgan fingerprint density at radius 3 is 2.45 bits per heavy atom. The van der Waals surface area contributed by atoms with Gasteiger partial charge in [0.1, 0.15) is 0 Å². The molecule has 4 nitrogen and oxygen atoms in total. The van der Waals surface area contributed by atoms with Crippen LogP contribution in [0.3, 0.4) is 0 Å². The molecule has 0 aliphatic rings. The van der Waals surface area contributed by atoms with Crippen molar-refractivity contribution in [1.29, 1.82) is 0 Å². The zero-order valence-electron chi connectivity index (χ0n) is 12.3. The molecule has 0 atom stereocenters. The van der Waals surface area contributed by atoms with Crippen LogP contribution in [-0.4, -0.2) is 22.4 Å². The van der Waals surface area contributed by atoms with Crippen molar-refractivity contribution >= 4 is 28.3 Å². The van der Waals surface area contributed by atoms with Crippen LogP contribution in [0.1, 0.15) is 17.7 Å². The summed E-state index contributed by atoms with van der Waals surface area (Å²) in [5, 5.41) is 3.32. The Morgan fingerprint density at radius 1 is 1.23 bits per heavy atom. The number of halogens is 3. The molecule has 7 heteroatoms. The van der Waals surface area contributed by atoms with E-state index in [1.54, 1.807) is 18.2 Å². The summed E-state index contributed by atoms with van der Waals surface area (Å²) in [7, 11) is 1.86. The minimum atomic E-state index is -4.99. The minimum absolute atomic E-state index is 0.355. The molecule has 2 rings (SSSR count). The number of amides is 1. The standard InChI is InChI=1S/C15H15F3N2O2/c1-8-9(2)20(3)12-6-10(4-5-11(8)12)19-14(22)7-13(21)15(16,17)18/h4-6H,7H2,1-3H3,(H,19,22). The van der Waals surface area contributed by atoms with Gasteiger partial charge in [0.2, 0.25) is 11.7 Å². The molecule has 22 heavy (non-hydrogen) atoms. The second-order valence-electron chi connectivity index (χ2n) is 5.15. The Labute approximate surface area is 124 Å². The van der Waals surface area contributed by atoms with Gasteiger partial charge in [-0.05, 0) is 31.5 Å². The number of rotatable bonds is 3. The van der Waals surface area contributed by atoms with Crippen LogP contribution in [0.4, 0.5) is 18.9 Å². The van der Waals surface area contributed by atoms with Crippen LogP contribution in [0.25, 0.3) is 10.9 Å². The van der Waals surface area contributed by atoms with Crippen molar-refractivity contribution in [3.8, 4) is 0 Å². The van der Waals surface area contributed by atoms with Crippen LogP contribution in [0.15, 0.2) is 18.2 Å². The molecule has 0 aliphatic heterocycles. The number of aryl methyl sites for hydroxylation is 2. The van der Waals surface area contributed by atoms with Crippen LogP contribution in [0, 0.1) is 13.8 Å². The number of anilines is 1. The zero-order chi connectivity index (χ0) is 16.7. The Bertz CT molecular complexity index is 760. The summed E-state index contributed by atoms with van der Waals surface area (Å²) >= 11 is 0. The fourth-order valence-corrected chi connectivity index (χ4v) is 2.28. The second-order valence-corrected chi connectivity index (χ2v) is 5.15. The predicted octanol–water partition coefficient (Wildman–Crippen LogP) is 3.26. The number of alkyl halides is 3. The van der Waals surface area contributed by atoms with E-state index in [0.717, 1.165) is 22.2 Å². The van der Waals surface area contributed by atoms with Crippen molar-refractivity contribution in [3.63, 3.8) is 0 Å². The number of carbonyl (C=O) groups excluding carboxylic acids is 2. The van der Waals surface area contributed by atoms with E-state index in [2.05, 4.69) is 5.32 Å². The van der Waals surface area contributed by atoms with Gasteiger partial charge >= 0.3 is 6.18 Å². The summed E-state index contributed by atoms with van der Waals surface area (Å²) in [5.74, 6) is -3.04. The number of nitrogens with one attached hydrogen (secondary N) is 1. The van der Waals surface area contributed by atoms with E-state index < -0.39 is 24.3 Å². The number of Topliss-reactive ketones (excluding diaryl/α,β-unsaturated/α-hetero) is 1. The Morgan fingerprint density at radius 2 is 1.86 bits per heavy atom. The van der Waals surface area contributed by atoms with Crippen LogP contribution < -0.4 is 5.32 Å². The molecule has 1 heterocycles. The summed E-state index contributed by atoms with van der Waals surface area (Å²) < 4.78 is 38.3. The molecule has 0 saturated carbocycles. The van der Waals surface area contributed by atoms with E-state index in [1.807, 2.05) is 25.5 Å². The van der Waals surface area contributed by atoms with Crippen molar-refractivity contribution in [1.82, 2.24) is 4.57 Å². The van der Waals surface area contributed by atoms with Gasteiger partial charge in [-0.3, -0.25) is 9.59 Å². The average Bonchev–Trinajstić information content (AvgIpc) is 2.62. The maximum Gasteiger partial charge on any atom is 0.450 e. The van der Waals surface area contributed by atoms with Gasteiger partial charge in [0.25, 0.3) is 0 Å². The van der Waals surface area contributed by atoms with Crippen LogP contribution >= 0.6 is 0 Å². The monoisotopic (exact) mass is 312 g/mol. The van der Waals surface area contributed by atoms with Crippen LogP contribution in [0.2, 0.25) is 0 Å². The number of hydrogen-bond donors (Lipinski definition) is 1. The summed E-state index contributed by atoms with van der Waals surface area (Å²) in [5.41, 5.74) is 3.37. The molecule has 0 fully saturated rings. The number of benzene rings is 1. The van der Waals surface area contributed by atoms with E-state index in [4.69, 9.17) is 0 Å². The van der Waals surface area contributed by atoms with E-state index in [1.165, 1.54) is 0 Å². The van der Waals surface area contributed by atoms with Crippen LogP contribution in [0.5, 0.6) is 0 Å². The molecule has 0 saturated heterocycles. The first-order valence-electron chi connectivity index (χ1n) is 6.56. The van der Waals surface area contributed by atoms with E-state index in [0.29, 0.717) is 5.69 Å². The lowest BCUT2D eigenvalue weighted by Gasteiger charge is -2.07. The fraction of sp³-hybridized carbons (Fsp3) is 0.333. The molecular weight excluding hydrogens is 297 g/mol. The lowest BCUT2D eigenvalue weighted by Crippen LogP contribution is -2.27. The van der Waals surface area contributed by atoms with Gasteiger partial charge < -0.3 is 9.88 Å². The van der Waals surface area contributed by atoms with Crippen molar-refractivity contribution in [2.24, 2.45) is 7.05 Å². The third kappa shape index (κ3) is 2.98. The second kappa shape index (κ2) is 5.47. The van der Waals surface area contributed by atoms with Gasteiger partial charge in [-0.1, -0.05) is 6.07 Å². The first-order chi connectivity index (χ1) is 10.1. The molecular formula is C15H15F3N2O2. The fourth-order valence-electron chi connectivity index (χ4n) is 2.28. The number of ketones is 1. The van der Waals surface area contributed by atoms with Crippen molar-refractivity contribution < 1.29 is 22.8 Å². The number of hydrogen-bond acceptors (Lipinski definition) is 2. The lowest BCUT2D eigenvalue weighted by molar-refractivity contribution is -0.171. The molecule has 1 aromatic carbocycles. The zero-order valence-corrected chi connectivity index (χ0v) is 12.3. The largest absolute Gasteiger partial charge is 0.450 e. The van der Waals surface area contributed by atoms with Crippen molar-refractivity contribution in [3.05, 3.63) is 29.5 Å². The predicted molar refractivity (Wildman–Crippen MR) is 76.7 cm³/mol. The minimum Gasteiger partial charge on any atom is -0.348 e. The first kappa shape index (κ1) is 16.1. The van der Waals surface area contributed by atoms with Crippen molar-refractivity contribution in [2.75, 3.05) is 5.32 Å². The van der Waals surface area contributed by atoms with E-state index in [9.17, 15) is 22.8 Å². The number of aromatic nitrogens is 1. The molecule has 2 aromatic rings. The molecule has 0 aliphatic carbocycles. The summed E-state index contributed by atoms with van der Waals surface area (Å²) in [6.07, 6.45) is -6.21. The average molecular weight is 312 g/mol. The Kier molecular flexibility index (Phi) is 4.00. The molecule has 0 unspecified atom stereocenters. The Hall–Kier alpha value is -2.31. The normalized spacial score (nSPS) is 11.7. The number of fused-ring (bicyclic) bond motifs is 1. The highest BCUT2D eigenvalue weighted by Crippen LogP contribution is 2.27. The van der Waals surface area contributed by atoms with Gasteiger partial charge in [0.15, 0.2) is 0 Å². The van der Waals surface area contributed by atoms with Crippen LogP contribution in [-0.2, 0) is 16.6 Å². The highest BCUT2D eigenvalue weighted by Gasteiger charge is 2.39. The maximum absolute atomic E-state index is 12.1. The highest BCUT2D eigenvalue weighted by atomic mass is 19.4. The molecule has 118 valence electrons. The van der Waals surface area contributed by atoms with Gasteiger partial charge in [-0.25, -0.2) is 0 Å². The topological polar surface area (TPSA) is 51.1 Å². The number of nitrogens with zero attached hydrogens (tertiary/aromatic N) is 1. The molecule has 1 amide bonds. The van der Waals surface area contributed by atoms with Gasteiger partial charge in [0, 0.05) is 23.8 Å². The quantitative estimate of drug-likeness (QED) is 0.885. The third-order valence-electron chi connectivity index (χ3n) is 3.73. The molecule has 0 bridgehead atoms. The van der Waals surface area contributed by atoms with E-state index >= 15 is 0 Å². The highest BCUT2D eigenvalue weighted by molar-refractivity contribution is 6.06. The molecule has 0 radical (unpaired) electrons. The SMILES string of the molecule is Cc1c(C)n(C)c2cc(NC(=O)CC(=O)C(F)(F)F)ccc12. The van der Waals surface area contributed by atoms with Crippen molar-refractivity contribution in [2.45, 2.75) is 26.4 Å².